The highest BCUT2D eigenvalue weighted by atomic mass is 33.1. The lowest BCUT2D eigenvalue weighted by molar-refractivity contribution is -0.144. The van der Waals surface area contributed by atoms with Crippen LogP contribution in [0.3, 0.4) is 0 Å². The number of aliphatic hydroxyl groups is 1. The number of amides is 1. The number of esters is 2. The normalized spacial score (nSPS) is 12.3. The van der Waals surface area contributed by atoms with E-state index < -0.39 is 0 Å². The molecule has 0 aliphatic heterocycles. The van der Waals surface area contributed by atoms with Crippen LogP contribution in [0.15, 0.2) is 12.2 Å². The molecule has 0 spiro atoms. The van der Waals surface area contributed by atoms with Crippen LogP contribution >= 0.6 is 43.2 Å². The van der Waals surface area contributed by atoms with E-state index in [1.54, 1.807) is 0 Å². The summed E-state index contributed by atoms with van der Waals surface area (Å²) < 4.78 is 11.3. The Morgan fingerprint density at radius 2 is 0.973 bits per heavy atom. The second kappa shape index (κ2) is 57.6. The molecule has 0 heterocycles. The number of hydrogen-bond acceptors (Lipinski definition) is 12. The quantitative estimate of drug-likeness (QED) is 0.0262. The van der Waals surface area contributed by atoms with Crippen molar-refractivity contribution in [2.75, 3.05) is 71.0 Å². The van der Waals surface area contributed by atoms with Crippen LogP contribution in [0.25, 0.3) is 0 Å². The number of carbonyl (C=O) groups excluding carboxylic acids is 3. The van der Waals surface area contributed by atoms with Crippen molar-refractivity contribution < 1.29 is 29.0 Å². The maximum atomic E-state index is 12.8. The Bertz CT molecular complexity index is 1170. The predicted octanol–water partition coefficient (Wildman–Crippen LogP) is 17.0. The number of aliphatic hydroxyl groups excluding tert-OH is 1. The fourth-order valence-corrected chi connectivity index (χ4v) is 14.5. The Morgan fingerprint density at radius 1 is 0.493 bits per heavy atom. The van der Waals surface area contributed by atoms with Crippen LogP contribution in [-0.2, 0) is 23.9 Å². The molecule has 1 amide bonds. The third kappa shape index (κ3) is 53.2. The molecule has 13 heteroatoms. The fourth-order valence-electron chi connectivity index (χ4n) is 8.61. The second-order valence-electron chi connectivity index (χ2n) is 20.8. The van der Waals surface area contributed by atoms with E-state index in [2.05, 4.69) is 90.5 Å². The average molecular weight is 1100 g/mol. The molecule has 0 radical (unpaired) electrons. The van der Waals surface area contributed by atoms with Gasteiger partial charge in [0, 0.05) is 54.6 Å². The van der Waals surface area contributed by atoms with E-state index in [1.165, 1.54) is 140 Å². The van der Waals surface area contributed by atoms with Crippen molar-refractivity contribution in [1.82, 2.24) is 15.1 Å². The van der Waals surface area contributed by atoms with Crippen LogP contribution in [0.1, 0.15) is 266 Å². The Labute approximate surface area is 467 Å². The van der Waals surface area contributed by atoms with Crippen LogP contribution in [0.2, 0.25) is 0 Å². The van der Waals surface area contributed by atoms with E-state index in [0.29, 0.717) is 52.1 Å². The highest BCUT2D eigenvalue weighted by Crippen LogP contribution is 2.35. The molecule has 0 aliphatic carbocycles. The molecule has 2 N–H and O–H groups in total. The number of nitrogens with one attached hydrogen (secondary N) is 1. The number of hydrogen-bond donors (Lipinski definition) is 2. The molecule has 0 rings (SSSR count). The van der Waals surface area contributed by atoms with Gasteiger partial charge in [-0.2, -0.15) is 0 Å². The van der Waals surface area contributed by atoms with Crippen molar-refractivity contribution in [3.63, 3.8) is 0 Å². The van der Waals surface area contributed by atoms with Gasteiger partial charge < -0.3 is 29.7 Å². The Balaban J connectivity index is 4.56. The van der Waals surface area contributed by atoms with Crippen molar-refractivity contribution in [3.05, 3.63) is 12.2 Å². The highest BCUT2D eigenvalue weighted by Gasteiger charge is 2.15. The molecule has 0 saturated carbocycles. The standard InChI is InChI=1S/C60H117N3O6S4/c1-7-12-17-28-36-55(64)37-29-22-20-18-19-21-23-30-42-58(65)61-45-50-62(6)46-35-47-63(48-43-59(66)68-51-31-24-26-33-53-70-72-56(38-13-8-2)39-14-9-3)49-44-60(67)69-52-32-25-27-34-54-71-73-57(40-15-10-4)41-16-11-5/h22,29,55-57,64H,7-21,23-28,30-54H2,1-6H3,(H,61,65)/b29-22-/t55-/m1/s1. The SMILES string of the molecule is CCCCCC[C@@H](O)C/C=C\CCCCCCCC(=O)NCCN(C)CCCN(CCC(=O)OCCCCCCSSC(CCCC)CCCC)CCC(=O)OCCCCCCSSC(CCCC)CCCC. The summed E-state index contributed by atoms with van der Waals surface area (Å²) in [7, 11) is 10.4. The fraction of sp³-hybridized carbons (Fsp3) is 0.917. The first kappa shape index (κ1) is 72.4. The molecule has 432 valence electrons. The zero-order valence-electron chi connectivity index (χ0n) is 48.4. The van der Waals surface area contributed by atoms with Gasteiger partial charge in [-0.15, -0.1) is 0 Å². The maximum absolute atomic E-state index is 12.8. The smallest absolute Gasteiger partial charge is 0.307 e. The van der Waals surface area contributed by atoms with E-state index >= 15 is 0 Å². The first-order valence-corrected chi connectivity index (χ1v) is 35.3. The first-order valence-electron chi connectivity index (χ1n) is 30.6. The number of ether oxygens (including phenoxy) is 2. The summed E-state index contributed by atoms with van der Waals surface area (Å²) in [6.07, 6.45) is 44.0. The van der Waals surface area contributed by atoms with Gasteiger partial charge in [0.1, 0.15) is 0 Å². The van der Waals surface area contributed by atoms with Crippen LogP contribution < -0.4 is 5.32 Å². The van der Waals surface area contributed by atoms with Crippen molar-refractivity contribution in [1.29, 1.82) is 0 Å². The summed E-state index contributed by atoms with van der Waals surface area (Å²) >= 11 is 0. The summed E-state index contributed by atoms with van der Waals surface area (Å²) in [6, 6.07) is 0. The second-order valence-corrected chi connectivity index (χ2v) is 26.4. The van der Waals surface area contributed by atoms with Gasteiger partial charge in [-0.05, 0) is 110 Å². The Morgan fingerprint density at radius 3 is 1.51 bits per heavy atom. The van der Waals surface area contributed by atoms with Crippen molar-refractivity contribution >= 4 is 61.0 Å². The number of unbranched alkanes of at least 4 members (excludes halogenated alkanes) is 18. The number of carbonyl (C=O) groups is 3. The van der Waals surface area contributed by atoms with E-state index in [1.807, 2.05) is 21.6 Å². The van der Waals surface area contributed by atoms with Crippen LogP contribution in [0, 0.1) is 0 Å². The molecule has 1 atom stereocenters. The van der Waals surface area contributed by atoms with Gasteiger partial charge in [-0.3, -0.25) is 14.4 Å². The lowest BCUT2D eigenvalue weighted by Crippen LogP contribution is -2.35. The van der Waals surface area contributed by atoms with Gasteiger partial charge in [0.25, 0.3) is 0 Å². The van der Waals surface area contributed by atoms with E-state index in [4.69, 9.17) is 9.47 Å². The molecule has 0 aromatic heterocycles. The molecule has 9 nitrogen and oxygen atoms in total. The molecule has 0 unspecified atom stereocenters. The summed E-state index contributed by atoms with van der Waals surface area (Å²) in [5.74, 6) is 2.20. The molecule has 0 bridgehead atoms. The zero-order valence-corrected chi connectivity index (χ0v) is 51.7. The highest BCUT2D eigenvalue weighted by molar-refractivity contribution is 8.77. The summed E-state index contributed by atoms with van der Waals surface area (Å²) in [5.41, 5.74) is 0. The summed E-state index contributed by atoms with van der Waals surface area (Å²) in [6.45, 7) is 16.5. The van der Waals surface area contributed by atoms with E-state index in [0.717, 1.165) is 114 Å². The Kier molecular flexibility index (Phi) is 57.2. The summed E-state index contributed by atoms with van der Waals surface area (Å²) in [5, 5.41) is 14.8. The maximum Gasteiger partial charge on any atom is 0.307 e. The topological polar surface area (TPSA) is 108 Å². The number of rotatable bonds is 58. The van der Waals surface area contributed by atoms with Crippen LogP contribution in [-0.4, -0.2) is 120 Å². The van der Waals surface area contributed by atoms with Gasteiger partial charge in [0.05, 0.1) is 32.2 Å². The minimum atomic E-state index is -0.199. The zero-order chi connectivity index (χ0) is 53.5. The van der Waals surface area contributed by atoms with Gasteiger partial charge in [0.15, 0.2) is 0 Å². The number of allylic oxidation sites excluding steroid dienone is 1. The van der Waals surface area contributed by atoms with Gasteiger partial charge in [0.2, 0.25) is 5.91 Å². The Hall–Kier alpha value is -0.570. The van der Waals surface area contributed by atoms with Gasteiger partial charge >= 0.3 is 11.9 Å². The van der Waals surface area contributed by atoms with Gasteiger partial charge in [-0.1, -0.05) is 212 Å². The van der Waals surface area contributed by atoms with Crippen molar-refractivity contribution in [2.24, 2.45) is 0 Å². The lowest BCUT2D eigenvalue weighted by Gasteiger charge is -2.23. The average Bonchev–Trinajstić information content (AvgIpc) is 3.38. The van der Waals surface area contributed by atoms with E-state index in [-0.39, 0.29) is 23.9 Å². The number of likely N-dealkylation sites (N-methyl/N-ethyl adjacent to an activating group) is 1. The van der Waals surface area contributed by atoms with Crippen molar-refractivity contribution in [3.8, 4) is 0 Å². The molecular weight excluding hydrogens is 987 g/mol. The minimum absolute atomic E-state index is 0.129. The minimum Gasteiger partial charge on any atom is -0.466 e. The molecule has 0 fully saturated rings. The molecule has 73 heavy (non-hydrogen) atoms. The summed E-state index contributed by atoms with van der Waals surface area (Å²) in [4.78, 5) is 42.6. The predicted molar refractivity (Wildman–Crippen MR) is 326 cm³/mol. The van der Waals surface area contributed by atoms with E-state index in [9.17, 15) is 19.5 Å². The molecule has 0 saturated heterocycles. The lowest BCUT2D eigenvalue weighted by atomic mass is 10.1. The molecular formula is C60H117N3O6S4. The third-order valence-electron chi connectivity index (χ3n) is 13.5. The van der Waals surface area contributed by atoms with Crippen LogP contribution in [0.5, 0.6) is 0 Å². The molecule has 0 aliphatic rings. The number of nitrogens with zero attached hydrogens (tertiary/aromatic N) is 2. The third-order valence-corrected chi connectivity index (χ3v) is 19.7. The molecule has 0 aromatic rings. The first-order chi connectivity index (χ1) is 35.7. The monoisotopic (exact) mass is 1100 g/mol. The largest absolute Gasteiger partial charge is 0.466 e. The molecule has 0 aromatic carbocycles. The van der Waals surface area contributed by atoms with Gasteiger partial charge in [-0.25, -0.2) is 0 Å². The van der Waals surface area contributed by atoms with Crippen LogP contribution in [0.4, 0.5) is 0 Å². The van der Waals surface area contributed by atoms with Crippen molar-refractivity contribution in [2.45, 2.75) is 282 Å².